The van der Waals surface area contributed by atoms with Gasteiger partial charge in [-0.1, -0.05) is 0 Å². The van der Waals surface area contributed by atoms with Crippen molar-refractivity contribution in [1.29, 1.82) is 0 Å². The number of likely N-dealkylation sites (N-methyl/N-ethyl adjacent to an activating group) is 1. The van der Waals surface area contributed by atoms with Crippen LogP contribution in [-0.2, 0) is 0 Å². The minimum Gasteiger partial charge on any atom is -0.366 e. The molecule has 2 N–H and O–H groups in total. The summed E-state index contributed by atoms with van der Waals surface area (Å²) in [7, 11) is 2.18. The summed E-state index contributed by atoms with van der Waals surface area (Å²) in [6.07, 6.45) is 1.23. The van der Waals surface area contributed by atoms with Crippen molar-refractivity contribution in [3.63, 3.8) is 0 Å². The lowest BCUT2D eigenvalue weighted by molar-refractivity contribution is 0.0706. The highest BCUT2D eigenvalue weighted by atomic mass is 16.5. The van der Waals surface area contributed by atoms with Gasteiger partial charge in [-0.3, -0.25) is 14.9 Å². The van der Waals surface area contributed by atoms with E-state index < -0.39 is 5.91 Å². The van der Waals surface area contributed by atoms with Crippen LogP contribution in [0.5, 0.6) is 0 Å². The van der Waals surface area contributed by atoms with E-state index in [4.69, 9.17) is 5.21 Å². The zero-order valence-corrected chi connectivity index (χ0v) is 10.3. The standard InChI is InChI=1S/C13H17N3O2/c1-15-7-12-6-11(15)8-16(12)10-4-2-9(3-5-10)13(17)14-18/h2-5,11-12,18H,6-8H2,1H3,(H,14,17)/t11-,12-/m0/s1. The molecule has 3 rings (SSSR count). The highest BCUT2D eigenvalue weighted by Gasteiger charge is 2.41. The van der Waals surface area contributed by atoms with E-state index in [0.717, 1.165) is 18.8 Å². The zero-order chi connectivity index (χ0) is 12.7. The molecule has 18 heavy (non-hydrogen) atoms. The topological polar surface area (TPSA) is 55.8 Å². The second-order valence-electron chi connectivity index (χ2n) is 5.12. The molecule has 0 unspecified atom stereocenters. The van der Waals surface area contributed by atoms with E-state index >= 15 is 0 Å². The van der Waals surface area contributed by atoms with Gasteiger partial charge in [0.1, 0.15) is 0 Å². The highest BCUT2D eigenvalue weighted by Crippen LogP contribution is 2.33. The maximum Gasteiger partial charge on any atom is 0.274 e. The first kappa shape index (κ1) is 11.5. The van der Waals surface area contributed by atoms with Crippen molar-refractivity contribution in [3.8, 4) is 0 Å². The summed E-state index contributed by atoms with van der Waals surface area (Å²) in [5.41, 5.74) is 3.28. The maximum absolute atomic E-state index is 11.2. The van der Waals surface area contributed by atoms with Gasteiger partial charge in [0.25, 0.3) is 5.91 Å². The van der Waals surface area contributed by atoms with E-state index in [1.54, 1.807) is 17.6 Å². The van der Waals surface area contributed by atoms with Crippen molar-refractivity contribution in [1.82, 2.24) is 10.4 Å². The third-order valence-corrected chi connectivity index (χ3v) is 4.08. The Labute approximate surface area is 106 Å². The first-order valence-corrected chi connectivity index (χ1v) is 6.20. The van der Waals surface area contributed by atoms with E-state index in [1.165, 1.54) is 6.42 Å². The normalized spacial score (nSPS) is 26.7. The third-order valence-electron chi connectivity index (χ3n) is 4.08. The first-order chi connectivity index (χ1) is 8.69. The molecule has 0 aromatic heterocycles. The lowest BCUT2D eigenvalue weighted by Crippen LogP contribution is -2.44. The van der Waals surface area contributed by atoms with Crippen molar-refractivity contribution in [2.45, 2.75) is 18.5 Å². The van der Waals surface area contributed by atoms with Crippen molar-refractivity contribution >= 4 is 11.6 Å². The van der Waals surface area contributed by atoms with Crippen LogP contribution in [0.4, 0.5) is 5.69 Å². The molecule has 1 amide bonds. The number of hydrogen-bond acceptors (Lipinski definition) is 4. The molecule has 1 aromatic rings. The van der Waals surface area contributed by atoms with Crippen molar-refractivity contribution in [3.05, 3.63) is 29.8 Å². The monoisotopic (exact) mass is 247 g/mol. The molecule has 0 radical (unpaired) electrons. The minimum absolute atomic E-state index is 0.468. The van der Waals surface area contributed by atoms with Crippen LogP contribution in [0.3, 0.4) is 0 Å². The van der Waals surface area contributed by atoms with Gasteiger partial charge in [-0.05, 0) is 37.7 Å². The number of hydroxylamine groups is 1. The van der Waals surface area contributed by atoms with Crippen molar-refractivity contribution in [2.24, 2.45) is 0 Å². The highest BCUT2D eigenvalue weighted by molar-refractivity contribution is 5.93. The number of nitrogens with one attached hydrogen (secondary N) is 1. The van der Waals surface area contributed by atoms with Crippen molar-refractivity contribution < 1.29 is 10.0 Å². The second kappa shape index (κ2) is 4.26. The number of amides is 1. The summed E-state index contributed by atoms with van der Waals surface area (Å²) in [6, 6.07) is 8.65. The van der Waals surface area contributed by atoms with Crippen LogP contribution in [0.1, 0.15) is 16.8 Å². The number of carbonyl (C=O) groups excluding carboxylic acids is 1. The molecule has 2 bridgehead atoms. The minimum atomic E-state index is -0.468. The Morgan fingerprint density at radius 1 is 1.28 bits per heavy atom. The summed E-state index contributed by atoms with van der Waals surface area (Å²) in [4.78, 5) is 16.1. The molecule has 2 aliphatic heterocycles. The Balaban J connectivity index is 1.76. The molecule has 2 saturated heterocycles. The maximum atomic E-state index is 11.2. The van der Waals surface area contributed by atoms with Crippen LogP contribution in [-0.4, -0.2) is 48.2 Å². The van der Waals surface area contributed by atoms with Gasteiger partial charge in [0.05, 0.1) is 0 Å². The fourth-order valence-electron chi connectivity index (χ4n) is 3.05. The van der Waals surface area contributed by atoms with Gasteiger partial charge in [0.2, 0.25) is 0 Å². The Hall–Kier alpha value is -1.59. The molecule has 1 aromatic carbocycles. The molecule has 5 nitrogen and oxygen atoms in total. The van der Waals surface area contributed by atoms with E-state index in [9.17, 15) is 4.79 Å². The fourth-order valence-corrected chi connectivity index (χ4v) is 3.05. The number of rotatable bonds is 2. The summed E-state index contributed by atoms with van der Waals surface area (Å²) in [6.45, 7) is 2.18. The SMILES string of the molecule is CN1C[C@@H]2C[C@H]1CN2c1ccc(C(=O)NO)cc1. The number of fused-ring (bicyclic) bond motifs is 2. The molecule has 2 heterocycles. The predicted octanol–water partition coefficient (Wildman–Crippen LogP) is 0.698. The van der Waals surface area contributed by atoms with Gasteiger partial charge in [0, 0.05) is 36.4 Å². The second-order valence-corrected chi connectivity index (χ2v) is 5.12. The molecular weight excluding hydrogens is 230 g/mol. The molecule has 2 aliphatic rings. The molecular formula is C13H17N3O2. The van der Waals surface area contributed by atoms with Crippen LogP contribution in [0.2, 0.25) is 0 Å². The number of carbonyl (C=O) groups is 1. The molecule has 2 atom stereocenters. The van der Waals surface area contributed by atoms with Gasteiger partial charge < -0.3 is 4.90 Å². The fraction of sp³-hybridized carbons (Fsp3) is 0.462. The summed E-state index contributed by atoms with van der Waals surface area (Å²) >= 11 is 0. The average Bonchev–Trinajstić information content (AvgIpc) is 2.97. The summed E-state index contributed by atoms with van der Waals surface area (Å²) < 4.78 is 0. The quantitative estimate of drug-likeness (QED) is 0.596. The van der Waals surface area contributed by atoms with E-state index in [-0.39, 0.29) is 0 Å². The van der Waals surface area contributed by atoms with Crippen LogP contribution in [0.25, 0.3) is 0 Å². The predicted molar refractivity (Wildman–Crippen MR) is 67.9 cm³/mol. The number of benzene rings is 1. The van der Waals surface area contributed by atoms with E-state index in [1.807, 2.05) is 12.1 Å². The lowest BCUT2D eigenvalue weighted by Gasteiger charge is -2.33. The third kappa shape index (κ3) is 1.76. The van der Waals surface area contributed by atoms with Crippen LogP contribution in [0.15, 0.2) is 24.3 Å². The Bertz CT molecular complexity index is 458. The van der Waals surface area contributed by atoms with Crippen LogP contribution in [0, 0.1) is 0 Å². The first-order valence-electron chi connectivity index (χ1n) is 6.20. The number of piperazine rings is 1. The molecule has 0 saturated carbocycles. The Kier molecular flexibility index (Phi) is 2.72. The van der Waals surface area contributed by atoms with Crippen LogP contribution >= 0.6 is 0 Å². The number of nitrogens with zero attached hydrogens (tertiary/aromatic N) is 2. The smallest absolute Gasteiger partial charge is 0.274 e. The molecule has 96 valence electrons. The number of likely N-dealkylation sites (tertiary alicyclic amines) is 1. The zero-order valence-electron chi connectivity index (χ0n) is 10.3. The average molecular weight is 247 g/mol. The van der Waals surface area contributed by atoms with E-state index in [2.05, 4.69) is 16.8 Å². The Morgan fingerprint density at radius 3 is 2.50 bits per heavy atom. The molecule has 0 aliphatic carbocycles. The number of hydrogen-bond donors (Lipinski definition) is 2. The lowest BCUT2D eigenvalue weighted by atomic mass is 10.1. The van der Waals surface area contributed by atoms with Gasteiger partial charge in [-0.25, -0.2) is 5.48 Å². The van der Waals surface area contributed by atoms with Gasteiger partial charge in [-0.15, -0.1) is 0 Å². The van der Waals surface area contributed by atoms with Crippen molar-refractivity contribution in [2.75, 3.05) is 25.0 Å². The number of anilines is 1. The summed E-state index contributed by atoms with van der Waals surface area (Å²) in [5.74, 6) is -0.468. The molecule has 5 heteroatoms. The van der Waals surface area contributed by atoms with Gasteiger partial charge in [0.15, 0.2) is 0 Å². The van der Waals surface area contributed by atoms with Gasteiger partial charge in [-0.2, -0.15) is 0 Å². The summed E-state index contributed by atoms with van der Waals surface area (Å²) in [5, 5.41) is 8.57. The van der Waals surface area contributed by atoms with Gasteiger partial charge >= 0.3 is 0 Å². The Morgan fingerprint density at radius 2 is 2.00 bits per heavy atom. The molecule has 0 spiro atoms. The van der Waals surface area contributed by atoms with E-state index in [0.29, 0.717) is 17.6 Å². The molecule has 2 fully saturated rings. The largest absolute Gasteiger partial charge is 0.366 e. The van der Waals surface area contributed by atoms with Crippen LogP contribution < -0.4 is 10.4 Å².